The second kappa shape index (κ2) is 12.2. The number of nitrogens with zero attached hydrogens (tertiary/aromatic N) is 1. The number of nitrogens with one attached hydrogen (secondary N) is 1. The quantitative estimate of drug-likeness (QED) is 0.368. The van der Waals surface area contributed by atoms with E-state index in [4.69, 9.17) is 14.2 Å². The van der Waals surface area contributed by atoms with Gasteiger partial charge < -0.3 is 29.5 Å². The van der Waals surface area contributed by atoms with Crippen LogP contribution < -0.4 is 10.1 Å². The highest BCUT2D eigenvalue weighted by Crippen LogP contribution is 2.29. The molecule has 39 heavy (non-hydrogen) atoms. The van der Waals surface area contributed by atoms with E-state index in [1.165, 1.54) is 29.5 Å². The van der Waals surface area contributed by atoms with Crippen LogP contribution in [0.2, 0.25) is 0 Å². The number of thiophene rings is 1. The highest BCUT2D eigenvalue weighted by molar-refractivity contribution is 7.14. The standard InChI is InChI=1S/C28H36N2O8S/c1-27(2,3)37-24(33)16-36-21-8-7-17(11-19(21)15-31)20(32)13-29-25(34)23-12-18-14-30(10-9-22(18)39-23)26(35)38-28(4,5)6/h7-8,11-12,31H,9-10,13-16H2,1-6H3,(H,29,34). The maximum atomic E-state index is 12.8. The number of ketones is 1. The number of rotatable bonds is 8. The van der Waals surface area contributed by atoms with Gasteiger partial charge in [-0.2, -0.15) is 0 Å². The Kier molecular flexibility index (Phi) is 9.39. The second-order valence-corrected chi connectivity index (χ2v) is 12.3. The highest BCUT2D eigenvalue weighted by Gasteiger charge is 2.28. The third-order valence-corrected chi connectivity index (χ3v) is 6.71. The van der Waals surface area contributed by atoms with Crippen LogP contribution in [-0.2, 0) is 33.8 Å². The second-order valence-electron chi connectivity index (χ2n) is 11.2. The summed E-state index contributed by atoms with van der Waals surface area (Å²) >= 11 is 1.35. The molecule has 2 N–H and O–H groups in total. The molecule has 0 radical (unpaired) electrons. The molecule has 2 heterocycles. The number of carbonyl (C=O) groups excluding carboxylic acids is 4. The molecule has 0 saturated carbocycles. The van der Waals surface area contributed by atoms with Crippen LogP contribution in [0.1, 0.15) is 77.6 Å². The predicted octanol–water partition coefficient (Wildman–Crippen LogP) is 3.87. The lowest BCUT2D eigenvalue weighted by molar-refractivity contribution is -0.157. The SMILES string of the molecule is CC(C)(C)OC(=O)COc1ccc(C(=O)CNC(=O)c2cc3c(s2)CCN(C(=O)OC(C)(C)C)C3)cc1CO. The van der Waals surface area contributed by atoms with Crippen molar-refractivity contribution in [3.63, 3.8) is 0 Å². The number of ether oxygens (including phenoxy) is 3. The van der Waals surface area contributed by atoms with Crippen LogP contribution in [0, 0.1) is 0 Å². The summed E-state index contributed by atoms with van der Waals surface area (Å²) in [5, 5.41) is 12.4. The first-order valence-corrected chi connectivity index (χ1v) is 13.5. The lowest BCUT2D eigenvalue weighted by Crippen LogP contribution is -2.39. The van der Waals surface area contributed by atoms with Crippen molar-refractivity contribution in [2.45, 2.75) is 72.3 Å². The summed E-state index contributed by atoms with van der Waals surface area (Å²) in [6.07, 6.45) is 0.233. The van der Waals surface area contributed by atoms with E-state index in [0.717, 1.165) is 10.4 Å². The smallest absolute Gasteiger partial charge is 0.410 e. The first kappa shape index (κ1) is 30.1. The van der Waals surface area contributed by atoms with Gasteiger partial charge in [0.25, 0.3) is 5.91 Å². The molecule has 0 bridgehead atoms. The number of amides is 2. The van der Waals surface area contributed by atoms with Crippen LogP contribution in [0.5, 0.6) is 5.75 Å². The molecule has 0 atom stereocenters. The van der Waals surface area contributed by atoms with Crippen LogP contribution in [-0.4, -0.2) is 64.7 Å². The molecule has 1 aliphatic rings. The van der Waals surface area contributed by atoms with E-state index in [1.54, 1.807) is 31.7 Å². The van der Waals surface area contributed by atoms with Crippen LogP contribution in [0.15, 0.2) is 24.3 Å². The minimum atomic E-state index is -0.649. The van der Waals surface area contributed by atoms with Crippen molar-refractivity contribution in [1.82, 2.24) is 10.2 Å². The van der Waals surface area contributed by atoms with Crippen molar-refractivity contribution in [1.29, 1.82) is 0 Å². The molecule has 0 aliphatic carbocycles. The van der Waals surface area contributed by atoms with Crippen molar-refractivity contribution < 1.29 is 38.5 Å². The highest BCUT2D eigenvalue weighted by atomic mass is 32.1. The first-order chi connectivity index (χ1) is 18.1. The fourth-order valence-corrected chi connectivity index (χ4v) is 4.88. The Morgan fingerprint density at radius 3 is 2.36 bits per heavy atom. The average molecular weight is 561 g/mol. The number of aliphatic hydroxyl groups is 1. The molecule has 1 aliphatic heterocycles. The van der Waals surface area contributed by atoms with Gasteiger partial charge in [0, 0.05) is 22.5 Å². The summed E-state index contributed by atoms with van der Waals surface area (Å²) in [4.78, 5) is 52.9. The lowest BCUT2D eigenvalue weighted by atomic mass is 10.1. The molecule has 10 nitrogen and oxygen atoms in total. The van der Waals surface area contributed by atoms with Crippen molar-refractivity contribution in [2.75, 3.05) is 19.7 Å². The van der Waals surface area contributed by atoms with Gasteiger partial charge >= 0.3 is 12.1 Å². The van der Waals surface area contributed by atoms with Gasteiger partial charge in [-0.05, 0) is 77.8 Å². The largest absolute Gasteiger partial charge is 0.482 e. The first-order valence-electron chi connectivity index (χ1n) is 12.6. The summed E-state index contributed by atoms with van der Waals surface area (Å²) in [5.74, 6) is -1.03. The maximum absolute atomic E-state index is 12.8. The van der Waals surface area contributed by atoms with Crippen LogP contribution in [0.4, 0.5) is 4.79 Å². The van der Waals surface area contributed by atoms with Crippen molar-refractivity contribution in [3.8, 4) is 5.75 Å². The summed E-state index contributed by atoms with van der Waals surface area (Å²) in [6.45, 7) is 10.6. The summed E-state index contributed by atoms with van der Waals surface area (Å²) in [7, 11) is 0. The molecule has 0 unspecified atom stereocenters. The predicted molar refractivity (Wildman–Crippen MR) is 145 cm³/mol. The van der Waals surface area contributed by atoms with E-state index in [1.807, 2.05) is 20.8 Å². The summed E-state index contributed by atoms with van der Waals surface area (Å²) in [5.41, 5.74) is 0.264. The van der Waals surface area contributed by atoms with Gasteiger partial charge in [-0.15, -0.1) is 11.3 Å². The Morgan fingerprint density at radius 2 is 1.72 bits per heavy atom. The zero-order chi connectivity index (χ0) is 29.0. The average Bonchev–Trinajstić information content (AvgIpc) is 3.27. The van der Waals surface area contributed by atoms with Crippen molar-refractivity contribution in [3.05, 3.63) is 50.7 Å². The van der Waals surface area contributed by atoms with Crippen LogP contribution in [0.3, 0.4) is 0 Å². The number of carbonyl (C=O) groups is 4. The molecule has 0 saturated heterocycles. The van der Waals surface area contributed by atoms with Gasteiger partial charge in [0.05, 0.1) is 24.6 Å². The molecule has 0 spiro atoms. The molecule has 1 aromatic carbocycles. The monoisotopic (exact) mass is 560 g/mol. The number of hydrogen-bond donors (Lipinski definition) is 2. The Balaban J connectivity index is 1.56. The fraction of sp³-hybridized carbons (Fsp3) is 0.500. The molecule has 3 rings (SSSR count). The topological polar surface area (TPSA) is 131 Å². The van der Waals surface area contributed by atoms with Gasteiger partial charge in [0.2, 0.25) is 0 Å². The number of fused-ring (bicyclic) bond motifs is 1. The molecule has 11 heteroatoms. The van der Waals surface area contributed by atoms with Gasteiger partial charge in [-0.3, -0.25) is 9.59 Å². The van der Waals surface area contributed by atoms with Crippen molar-refractivity contribution in [2.24, 2.45) is 0 Å². The normalized spacial score (nSPS) is 13.4. The van der Waals surface area contributed by atoms with E-state index < -0.39 is 23.8 Å². The van der Waals surface area contributed by atoms with Crippen LogP contribution in [0.25, 0.3) is 0 Å². The Labute approximate surface area is 232 Å². The Hall–Kier alpha value is -3.44. The Bertz CT molecular complexity index is 1240. The van der Waals surface area contributed by atoms with E-state index in [2.05, 4.69) is 5.32 Å². The zero-order valence-electron chi connectivity index (χ0n) is 23.2. The molecular formula is C28H36N2O8S. The third-order valence-electron chi connectivity index (χ3n) is 5.47. The fourth-order valence-electron chi connectivity index (χ4n) is 3.80. The summed E-state index contributed by atoms with van der Waals surface area (Å²) < 4.78 is 16.1. The van der Waals surface area contributed by atoms with E-state index in [9.17, 15) is 24.3 Å². The summed E-state index contributed by atoms with van der Waals surface area (Å²) in [6, 6.07) is 6.22. The molecular weight excluding hydrogens is 524 g/mol. The molecule has 0 fully saturated rings. The number of aliphatic hydroxyl groups excluding tert-OH is 1. The minimum Gasteiger partial charge on any atom is -0.482 e. The molecule has 2 amide bonds. The molecule has 212 valence electrons. The number of Topliss-reactive ketones (excluding diaryl/α,β-unsaturated/α-hetero) is 1. The molecule has 2 aromatic rings. The number of esters is 1. The van der Waals surface area contributed by atoms with Gasteiger partial charge in [0.1, 0.15) is 17.0 Å². The maximum Gasteiger partial charge on any atom is 0.410 e. The van der Waals surface area contributed by atoms with E-state index >= 15 is 0 Å². The number of benzene rings is 1. The Morgan fingerprint density at radius 1 is 1.03 bits per heavy atom. The van der Waals surface area contributed by atoms with E-state index in [-0.39, 0.29) is 42.2 Å². The van der Waals surface area contributed by atoms with Gasteiger partial charge in [0.15, 0.2) is 12.4 Å². The van der Waals surface area contributed by atoms with E-state index in [0.29, 0.717) is 30.0 Å². The van der Waals surface area contributed by atoms with Crippen molar-refractivity contribution >= 4 is 35.1 Å². The van der Waals surface area contributed by atoms with Gasteiger partial charge in [-0.1, -0.05) is 0 Å². The third kappa shape index (κ3) is 8.79. The van der Waals surface area contributed by atoms with Gasteiger partial charge in [-0.25, -0.2) is 9.59 Å². The molecule has 1 aromatic heterocycles. The zero-order valence-corrected chi connectivity index (χ0v) is 24.0. The lowest BCUT2D eigenvalue weighted by Gasteiger charge is -2.29. The number of hydrogen-bond acceptors (Lipinski definition) is 9. The van der Waals surface area contributed by atoms with Crippen LogP contribution >= 0.6 is 11.3 Å². The minimum absolute atomic E-state index is 0.242.